The number of benzene rings is 2. The van der Waals surface area contributed by atoms with Crippen molar-refractivity contribution in [2.45, 2.75) is 23.9 Å². The zero-order valence-corrected chi connectivity index (χ0v) is 17.5. The Morgan fingerprint density at radius 2 is 1.93 bits per heavy atom. The number of nitrogens with one attached hydrogen (secondary N) is 1. The molecule has 2 N–H and O–H groups in total. The molecule has 1 atom stereocenters. The Morgan fingerprint density at radius 3 is 2.64 bits per heavy atom. The number of sulfonamides is 1. The van der Waals surface area contributed by atoms with Crippen LogP contribution in [0.25, 0.3) is 0 Å². The van der Waals surface area contributed by atoms with Crippen molar-refractivity contribution in [1.29, 1.82) is 0 Å². The first-order chi connectivity index (χ1) is 13.4. The third kappa shape index (κ3) is 5.59. The average molecular weight is 445 g/mol. The first-order valence-corrected chi connectivity index (χ1v) is 11.1. The van der Waals surface area contributed by atoms with E-state index in [1.165, 1.54) is 12.1 Å². The Kier molecular flexibility index (Phi) is 7.20. The molecule has 6 nitrogen and oxygen atoms in total. The van der Waals surface area contributed by atoms with Crippen molar-refractivity contribution in [3.8, 4) is 5.75 Å². The molecular weight excluding hydrogens is 423 g/mol. The van der Waals surface area contributed by atoms with Crippen LogP contribution in [0.1, 0.15) is 12.0 Å². The van der Waals surface area contributed by atoms with Gasteiger partial charge in [0, 0.05) is 30.7 Å². The second-order valence-corrected chi connectivity index (χ2v) is 9.16. The third-order valence-electron chi connectivity index (χ3n) is 4.47. The lowest BCUT2D eigenvalue weighted by molar-refractivity contribution is 0.201. The smallest absolute Gasteiger partial charge is 0.242 e. The summed E-state index contributed by atoms with van der Waals surface area (Å²) < 4.78 is 33.4. The van der Waals surface area contributed by atoms with Crippen molar-refractivity contribution in [3.05, 3.63) is 58.1 Å². The molecule has 1 heterocycles. The third-order valence-corrected chi connectivity index (χ3v) is 6.70. The number of hydrogen-bond acceptors (Lipinski definition) is 5. The summed E-state index contributed by atoms with van der Waals surface area (Å²) in [6.45, 7) is 2.37. The van der Waals surface area contributed by atoms with Gasteiger partial charge in [0.05, 0.1) is 11.6 Å². The summed E-state index contributed by atoms with van der Waals surface area (Å²) in [6, 6.07) is 11.9. The summed E-state index contributed by atoms with van der Waals surface area (Å²) in [5, 5.41) is 9.26. The monoisotopic (exact) mass is 444 g/mol. The molecule has 0 radical (unpaired) electrons. The molecule has 28 heavy (non-hydrogen) atoms. The van der Waals surface area contributed by atoms with Gasteiger partial charge in [0.2, 0.25) is 10.0 Å². The predicted octanol–water partition coefficient (Wildman–Crippen LogP) is 2.92. The van der Waals surface area contributed by atoms with Crippen LogP contribution in [0.4, 0.5) is 0 Å². The van der Waals surface area contributed by atoms with Gasteiger partial charge < -0.3 is 9.84 Å². The summed E-state index contributed by atoms with van der Waals surface area (Å²) in [6.07, 6.45) is 0.717. The normalized spacial score (nSPS) is 17.8. The van der Waals surface area contributed by atoms with Crippen molar-refractivity contribution in [3.63, 3.8) is 0 Å². The summed E-state index contributed by atoms with van der Waals surface area (Å²) in [5.41, 5.74) is 1.11. The Bertz CT molecular complexity index is 907. The molecule has 0 saturated carbocycles. The molecule has 2 aromatic rings. The molecule has 0 aromatic heterocycles. The van der Waals surface area contributed by atoms with Gasteiger partial charge in [0.1, 0.15) is 17.3 Å². The van der Waals surface area contributed by atoms with Crippen molar-refractivity contribution in [1.82, 2.24) is 9.62 Å². The molecule has 0 spiro atoms. The molecule has 9 heteroatoms. The lowest BCUT2D eigenvalue weighted by Crippen LogP contribution is -2.37. The Labute approximate surface area is 175 Å². The highest BCUT2D eigenvalue weighted by Crippen LogP contribution is 2.26. The van der Waals surface area contributed by atoms with Gasteiger partial charge in [-0.15, -0.1) is 0 Å². The fourth-order valence-electron chi connectivity index (χ4n) is 3.15. The first-order valence-electron chi connectivity index (χ1n) is 8.90. The van der Waals surface area contributed by atoms with E-state index in [-0.39, 0.29) is 29.2 Å². The highest BCUT2D eigenvalue weighted by Gasteiger charge is 2.28. The summed E-state index contributed by atoms with van der Waals surface area (Å²) >= 11 is 11.9. The molecule has 1 saturated heterocycles. The van der Waals surface area contributed by atoms with Crippen LogP contribution in [-0.2, 0) is 16.6 Å². The van der Waals surface area contributed by atoms with Gasteiger partial charge in [-0.3, -0.25) is 4.90 Å². The minimum absolute atomic E-state index is 0.00131. The van der Waals surface area contributed by atoms with Gasteiger partial charge in [-0.05, 0) is 42.3 Å². The zero-order valence-electron chi connectivity index (χ0n) is 15.1. The number of hydrogen-bond donors (Lipinski definition) is 2. The van der Waals surface area contributed by atoms with E-state index in [1.54, 1.807) is 6.07 Å². The standard InChI is InChI=1S/C19H22Cl2N2O4S/c20-15-3-6-18(21)19(11-15)28(25,26)22-16-7-8-23(13-16)12-14-1-4-17(5-2-14)27-10-9-24/h1-6,11,16,22,24H,7-10,12-13H2/t16-/m0/s1. The van der Waals surface area contributed by atoms with Crippen LogP contribution in [-0.4, -0.2) is 50.8 Å². The maximum Gasteiger partial charge on any atom is 0.242 e. The molecule has 0 unspecified atom stereocenters. The molecule has 0 aliphatic carbocycles. The molecule has 152 valence electrons. The van der Waals surface area contributed by atoms with E-state index in [9.17, 15) is 8.42 Å². The van der Waals surface area contributed by atoms with Crippen molar-refractivity contribution >= 4 is 33.2 Å². The van der Waals surface area contributed by atoms with E-state index in [0.717, 1.165) is 25.1 Å². The van der Waals surface area contributed by atoms with Gasteiger partial charge in [-0.2, -0.15) is 0 Å². The molecule has 0 bridgehead atoms. The Balaban J connectivity index is 1.57. The van der Waals surface area contributed by atoms with Crippen LogP contribution in [0.15, 0.2) is 47.4 Å². The highest BCUT2D eigenvalue weighted by atomic mass is 35.5. The van der Waals surface area contributed by atoms with Crippen LogP contribution < -0.4 is 9.46 Å². The van der Waals surface area contributed by atoms with E-state index in [2.05, 4.69) is 9.62 Å². The van der Waals surface area contributed by atoms with Gasteiger partial charge in [-0.25, -0.2) is 13.1 Å². The topological polar surface area (TPSA) is 78.9 Å². The summed E-state index contributed by atoms with van der Waals surface area (Å²) in [7, 11) is -3.74. The van der Waals surface area contributed by atoms with Gasteiger partial charge >= 0.3 is 0 Å². The molecular formula is C19H22Cl2N2O4S. The number of ether oxygens (including phenoxy) is 1. The first kappa shape index (κ1) is 21.4. The lowest BCUT2D eigenvalue weighted by Gasteiger charge is -2.17. The maximum absolute atomic E-state index is 12.6. The molecule has 3 rings (SSSR count). The minimum Gasteiger partial charge on any atom is -0.491 e. The Morgan fingerprint density at radius 1 is 1.18 bits per heavy atom. The van der Waals surface area contributed by atoms with Gasteiger partial charge in [0.15, 0.2) is 0 Å². The minimum atomic E-state index is -3.74. The van der Waals surface area contributed by atoms with Crippen LogP contribution >= 0.6 is 23.2 Å². The van der Waals surface area contributed by atoms with Crippen molar-refractivity contribution in [2.24, 2.45) is 0 Å². The molecule has 1 fully saturated rings. The van der Waals surface area contributed by atoms with E-state index >= 15 is 0 Å². The maximum atomic E-state index is 12.6. The van der Waals surface area contributed by atoms with Crippen molar-refractivity contribution in [2.75, 3.05) is 26.3 Å². The van der Waals surface area contributed by atoms with Crippen LogP contribution in [0, 0.1) is 0 Å². The average Bonchev–Trinajstić information content (AvgIpc) is 3.09. The van der Waals surface area contributed by atoms with Crippen LogP contribution in [0.5, 0.6) is 5.75 Å². The predicted molar refractivity (Wildman–Crippen MR) is 109 cm³/mol. The van der Waals surface area contributed by atoms with E-state index in [0.29, 0.717) is 17.3 Å². The number of aliphatic hydroxyl groups excluding tert-OH is 1. The summed E-state index contributed by atoms with van der Waals surface area (Å²) in [5.74, 6) is 0.711. The molecule has 1 aliphatic heterocycles. The lowest BCUT2D eigenvalue weighted by atomic mass is 10.2. The highest BCUT2D eigenvalue weighted by molar-refractivity contribution is 7.89. The molecule has 0 amide bonds. The number of likely N-dealkylation sites (tertiary alicyclic amines) is 1. The van der Waals surface area contributed by atoms with Crippen LogP contribution in [0.3, 0.4) is 0 Å². The van der Waals surface area contributed by atoms with Crippen LogP contribution in [0.2, 0.25) is 10.0 Å². The van der Waals surface area contributed by atoms with Gasteiger partial charge in [-0.1, -0.05) is 35.3 Å². The number of rotatable bonds is 8. The number of nitrogens with zero attached hydrogens (tertiary/aromatic N) is 1. The fourth-order valence-corrected chi connectivity index (χ4v) is 5.18. The van der Waals surface area contributed by atoms with E-state index in [4.69, 9.17) is 33.0 Å². The zero-order chi connectivity index (χ0) is 20.1. The molecule has 1 aliphatic rings. The SMILES string of the molecule is O=S(=O)(N[C@H]1CCN(Cc2ccc(OCCO)cc2)C1)c1cc(Cl)ccc1Cl. The number of aliphatic hydroxyl groups is 1. The second-order valence-electron chi connectivity index (χ2n) is 6.63. The fraction of sp³-hybridized carbons (Fsp3) is 0.368. The van der Waals surface area contributed by atoms with E-state index < -0.39 is 10.0 Å². The largest absolute Gasteiger partial charge is 0.491 e. The summed E-state index contributed by atoms with van der Waals surface area (Å²) in [4.78, 5) is 2.19. The Hall–Kier alpha value is -1.35. The second kappa shape index (κ2) is 9.43. The van der Waals surface area contributed by atoms with Gasteiger partial charge in [0.25, 0.3) is 0 Å². The number of halogens is 2. The molecule has 2 aromatic carbocycles. The quantitative estimate of drug-likeness (QED) is 0.654. The van der Waals surface area contributed by atoms with E-state index in [1.807, 2.05) is 24.3 Å². The van der Waals surface area contributed by atoms with Crippen molar-refractivity contribution < 1.29 is 18.3 Å².